The van der Waals surface area contributed by atoms with Gasteiger partial charge in [0.2, 0.25) is 5.95 Å². The minimum atomic E-state index is 0.508. The fraction of sp³-hybridized carbons (Fsp3) is 0.417. The van der Waals surface area contributed by atoms with Crippen molar-refractivity contribution in [2.45, 2.75) is 38.6 Å². The molecule has 1 N–H and O–H groups in total. The number of ether oxygens (including phenoxy) is 1. The second kappa shape index (κ2) is 8.02. The van der Waals surface area contributed by atoms with Gasteiger partial charge in [0.05, 0.1) is 42.0 Å². The van der Waals surface area contributed by atoms with Crippen LogP contribution in [-0.2, 0) is 4.74 Å². The lowest BCUT2D eigenvalue weighted by Gasteiger charge is -2.29. The fourth-order valence-electron chi connectivity index (χ4n) is 5.01. The standard InChI is InChI=1S/C24H27N7O/c1-16-20(30-10-12-32-13-11-30)8-9-21(27-16)28-24-25-14-17-6-7-19-23(22(17)29-24)31(15-26-19)18-4-2-3-5-18/h6-9,14-15,18H,2-5,10-13H2,1H3,(H,25,27,28,29). The maximum atomic E-state index is 5.47. The Kier molecular flexibility index (Phi) is 4.87. The van der Waals surface area contributed by atoms with Crippen LogP contribution in [0.3, 0.4) is 0 Å². The van der Waals surface area contributed by atoms with Crippen molar-refractivity contribution in [1.29, 1.82) is 0 Å². The van der Waals surface area contributed by atoms with Crippen LogP contribution in [0.5, 0.6) is 0 Å². The molecule has 1 aromatic carbocycles. The molecule has 0 spiro atoms. The molecular formula is C24H27N7O. The summed E-state index contributed by atoms with van der Waals surface area (Å²) in [5, 5.41) is 4.33. The van der Waals surface area contributed by atoms with Gasteiger partial charge in [-0.2, -0.15) is 0 Å². The first-order chi connectivity index (χ1) is 15.8. The number of rotatable bonds is 4. The lowest BCUT2D eigenvalue weighted by atomic mass is 10.2. The van der Waals surface area contributed by atoms with Gasteiger partial charge in [0.25, 0.3) is 0 Å². The Balaban J connectivity index is 1.34. The van der Waals surface area contributed by atoms with Crippen molar-refractivity contribution in [3.8, 4) is 0 Å². The molecule has 0 bridgehead atoms. The number of benzene rings is 1. The van der Waals surface area contributed by atoms with Gasteiger partial charge in [-0.05, 0) is 44.0 Å². The summed E-state index contributed by atoms with van der Waals surface area (Å²) in [5.41, 5.74) is 5.16. The zero-order valence-corrected chi connectivity index (χ0v) is 18.3. The lowest BCUT2D eigenvalue weighted by Crippen LogP contribution is -2.36. The largest absolute Gasteiger partial charge is 0.378 e. The van der Waals surface area contributed by atoms with Crippen molar-refractivity contribution in [3.63, 3.8) is 0 Å². The van der Waals surface area contributed by atoms with Crippen molar-refractivity contribution < 1.29 is 4.74 Å². The first kappa shape index (κ1) is 19.4. The molecule has 1 saturated heterocycles. The average molecular weight is 430 g/mol. The Bertz CT molecular complexity index is 1270. The molecule has 164 valence electrons. The van der Waals surface area contributed by atoms with Gasteiger partial charge in [-0.15, -0.1) is 0 Å². The third kappa shape index (κ3) is 3.44. The van der Waals surface area contributed by atoms with Crippen LogP contribution < -0.4 is 10.2 Å². The SMILES string of the molecule is Cc1nc(Nc2ncc3ccc4ncn(C5CCCC5)c4c3n2)ccc1N1CCOCC1. The van der Waals surface area contributed by atoms with E-state index in [0.717, 1.165) is 65.4 Å². The highest BCUT2D eigenvalue weighted by Crippen LogP contribution is 2.34. The summed E-state index contributed by atoms with van der Waals surface area (Å²) in [6.45, 7) is 5.36. The van der Waals surface area contributed by atoms with E-state index in [1.54, 1.807) is 0 Å². The molecule has 1 aliphatic carbocycles. The molecule has 3 aromatic heterocycles. The van der Waals surface area contributed by atoms with Crippen LogP contribution >= 0.6 is 0 Å². The van der Waals surface area contributed by atoms with E-state index < -0.39 is 0 Å². The number of aromatic nitrogens is 5. The molecule has 1 aliphatic heterocycles. The minimum Gasteiger partial charge on any atom is -0.378 e. The Hall–Kier alpha value is -3.26. The summed E-state index contributed by atoms with van der Waals surface area (Å²) in [4.78, 5) is 21.2. The number of imidazole rings is 1. The molecule has 8 heteroatoms. The topological polar surface area (TPSA) is 81.0 Å². The number of nitrogens with one attached hydrogen (secondary N) is 1. The molecule has 0 radical (unpaired) electrons. The van der Waals surface area contributed by atoms with Gasteiger partial charge in [0.15, 0.2) is 0 Å². The highest BCUT2D eigenvalue weighted by Gasteiger charge is 2.21. The second-order valence-electron chi connectivity index (χ2n) is 8.68. The molecule has 4 heterocycles. The van der Waals surface area contributed by atoms with Gasteiger partial charge >= 0.3 is 0 Å². The first-order valence-corrected chi connectivity index (χ1v) is 11.5. The van der Waals surface area contributed by atoms with Crippen LogP contribution in [0.15, 0.2) is 36.8 Å². The van der Waals surface area contributed by atoms with Crippen molar-refractivity contribution in [1.82, 2.24) is 24.5 Å². The van der Waals surface area contributed by atoms with Crippen molar-refractivity contribution in [3.05, 3.63) is 42.5 Å². The molecule has 0 atom stereocenters. The molecule has 6 rings (SSSR count). The van der Waals surface area contributed by atoms with E-state index >= 15 is 0 Å². The summed E-state index contributed by atoms with van der Waals surface area (Å²) in [6.07, 6.45) is 8.83. The number of nitrogens with zero attached hydrogens (tertiary/aromatic N) is 6. The average Bonchev–Trinajstić information content (AvgIpc) is 3.50. The quantitative estimate of drug-likeness (QED) is 0.516. The normalized spacial score (nSPS) is 17.5. The molecule has 0 amide bonds. The molecule has 1 saturated carbocycles. The highest BCUT2D eigenvalue weighted by molar-refractivity contribution is 6.02. The van der Waals surface area contributed by atoms with Gasteiger partial charge in [-0.3, -0.25) is 0 Å². The van der Waals surface area contributed by atoms with Crippen LogP contribution in [0.1, 0.15) is 37.4 Å². The van der Waals surface area contributed by atoms with Crippen molar-refractivity contribution >= 4 is 39.4 Å². The van der Waals surface area contributed by atoms with E-state index in [0.29, 0.717) is 12.0 Å². The molecule has 2 aliphatic rings. The van der Waals surface area contributed by atoms with Gasteiger partial charge in [0.1, 0.15) is 11.3 Å². The molecular weight excluding hydrogens is 402 g/mol. The fourth-order valence-corrected chi connectivity index (χ4v) is 5.01. The Morgan fingerprint density at radius 2 is 1.84 bits per heavy atom. The van der Waals surface area contributed by atoms with Crippen molar-refractivity contribution in [2.24, 2.45) is 0 Å². The summed E-state index contributed by atoms with van der Waals surface area (Å²) in [6, 6.07) is 8.73. The van der Waals surface area contributed by atoms with Gasteiger partial charge in [0, 0.05) is 30.7 Å². The maximum absolute atomic E-state index is 5.47. The number of anilines is 3. The minimum absolute atomic E-state index is 0.508. The Morgan fingerprint density at radius 3 is 2.66 bits per heavy atom. The summed E-state index contributed by atoms with van der Waals surface area (Å²) in [7, 11) is 0. The summed E-state index contributed by atoms with van der Waals surface area (Å²) in [5.74, 6) is 1.30. The molecule has 4 aromatic rings. The van der Waals surface area contributed by atoms with Crippen LogP contribution in [0.25, 0.3) is 21.9 Å². The van der Waals surface area contributed by atoms with E-state index in [9.17, 15) is 0 Å². The smallest absolute Gasteiger partial charge is 0.228 e. The predicted octanol–water partition coefficient (Wildman–Crippen LogP) is 4.38. The van der Waals surface area contributed by atoms with E-state index in [4.69, 9.17) is 14.7 Å². The van der Waals surface area contributed by atoms with Gasteiger partial charge in [-0.1, -0.05) is 12.8 Å². The number of aryl methyl sites for hydroxylation is 1. The number of morpholine rings is 1. The van der Waals surface area contributed by atoms with Gasteiger partial charge < -0.3 is 19.5 Å². The van der Waals surface area contributed by atoms with Crippen LogP contribution in [-0.4, -0.2) is 50.8 Å². The van der Waals surface area contributed by atoms with Crippen molar-refractivity contribution in [2.75, 3.05) is 36.5 Å². The molecule has 2 fully saturated rings. The summed E-state index contributed by atoms with van der Waals surface area (Å²) < 4.78 is 7.79. The van der Waals surface area contributed by atoms with Crippen LogP contribution in [0, 0.1) is 6.92 Å². The van der Waals surface area contributed by atoms with Crippen LogP contribution in [0.2, 0.25) is 0 Å². The first-order valence-electron chi connectivity index (χ1n) is 11.5. The number of hydrogen-bond acceptors (Lipinski definition) is 7. The zero-order chi connectivity index (χ0) is 21.5. The molecule has 8 nitrogen and oxygen atoms in total. The van der Waals surface area contributed by atoms with E-state index in [-0.39, 0.29) is 0 Å². The predicted molar refractivity (Wildman–Crippen MR) is 126 cm³/mol. The maximum Gasteiger partial charge on any atom is 0.228 e. The third-order valence-electron chi connectivity index (χ3n) is 6.65. The lowest BCUT2D eigenvalue weighted by molar-refractivity contribution is 0.122. The molecule has 0 unspecified atom stereocenters. The number of fused-ring (bicyclic) bond motifs is 3. The van der Waals surface area contributed by atoms with E-state index in [1.165, 1.54) is 25.7 Å². The third-order valence-corrected chi connectivity index (χ3v) is 6.65. The van der Waals surface area contributed by atoms with Gasteiger partial charge in [-0.25, -0.2) is 19.9 Å². The Morgan fingerprint density at radius 1 is 1.00 bits per heavy atom. The van der Waals surface area contributed by atoms with Crippen LogP contribution in [0.4, 0.5) is 17.5 Å². The number of hydrogen-bond donors (Lipinski definition) is 1. The number of pyridine rings is 1. The monoisotopic (exact) mass is 429 g/mol. The second-order valence-corrected chi connectivity index (χ2v) is 8.68. The Labute approximate surface area is 186 Å². The highest BCUT2D eigenvalue weighted by atomic mass is 16.5. The van der Waals surface area contributed by atoms with E-state index in [2.05, 4.69) is 36.9 Å². The zero-order valence-electron chi connectivity index (χ0n) is 18.3. The summed E-state index contributed by atoms with van der Waals surface area (Å²) >= 11 is 0. The van der Waals surface area contributed by atoms with E-state index in [1.807, 2.05) is 31.6 Å². The molecule has 32 heavy (non-hydrogen) atoms.